The number of unbranched alkanes of at least 4 members (excludes halogenated alkanes) is 6. The van der Waals surface area contributed by atoms with Crippen LogP contribution in [0.2, 0.25) is 0 Å². The van der Waals surface area contributed by atoms with Crippen molar-refractivity contribution in [3.05, 3.63) is 29.8 Å². The van der Waals surface area contributed by atoms with E-state index in [0.717, 1.165) is 6.42 Å². The van der Waals surface area contributed by atoms with Crippen LogP contribution >= 0.6 is 7.82 Å². The van der Waals surface area contributed by atoms with Gasteiger partial charge >= 0.3 is 7.82 Å². The van der Waals surface area contributed by atoms with Gasteiger partial charge in [-0.25, -0.2) is 9.45 Å². The molecular formula is C17H27O5P. The fourth-order valence-electron chi connectivity index (χ4n) is 2.48. The number of hydrogen-bond donors (Lipinski definition) is 0. The van der Waals surface area contributed by atoms with E-state index in [1.807, 2.05) is 12.1 Å². The molecule has 1 saturated heterocycles. The van der Waals surface area contributed by atoms with Gasteiger partial charge in [-0.2, -0.15) is 0 Å². The van der Waals surface area contributed by atoms with Gasteiger partial charge in [0.15, 0.2) is 0 Å². The summed E-state index contributed by atoms with van der Waals surface area (Å²) in [5.41, 5.74) is 1.26. The van der Waals surface area contributed by atoms with Gasteiger partial charge in [0, 0.05) is 0 Å². The highest BCUT2D eigenvalue weighted by molar-refractivity contribution is 7.48. The summed E-state index contributed by atoms with van der Waals surface area (Å²) in [7, 11) is -3.61. The number of aryl methyl sites for hydroxylation is 1. The molecule has 1 unspecified atom stereocenters. The number of phosphoric ester groups is 1. The minimum absolute atomic E-state index is 0.202. The van der Waals surface area contributed by atoms with E-state index < -0.39 is 7.82 Å². The van der Waals surface area contributed by atoms with Gasteiger partial charge in [-0.05, 0) is 30.5 Å². The Morgan fingerprint density at radius 2 is 1.70 bits per heavy atom. The largest absolute Gasteiger partial charge is 0.557 e. The quantitative estimate of drug-likeness (QED) is 0.322. The zero-order valence-corrected chi connectivity index (χ0v) is 14.8. The van der Waals surface area contributed by atoms with Gasteiger partial charge in [0.2, 0.25) is 0 Å². The van der Waals surface area contributed by atoms with E-state index >= 15 is 0 Å². The van der Waals surface area contributed by atoms with Crippen LogP contribution in [0.1, 0.15) is 57.4 Å². The van der Waals surface area contributed by atoms with Gasteiger partial charge in [-0.3, -0.25) is 4.52 Å². The molecule has 1 aromatic carbocycles. The molecule has 2 rings (SSSR count). The fraction of sp³-hybridized carbons (Fsp3) is 0.647. The minimum Gasteiger partial charge on any atom is -0.403 e. The maximum atomic E-state index is 12.0. The van der Waals surface area contributed by atoms with Crippen LogP contribution in [0, 0.1) is 0 Å². The lowest BCUT2D eigenvalue weighted by molar-refractivity contribution is -0.249. The van der Waals surface area contributed by atoms with Gasteiger partial charge in [0.1, 0.15) is 12.4 Å². The smallest absolute Gasteiger partial charge is 0.403 e. The van der Waals surface area contributed by atoms with Crippen LogP contribution in [0.3, 0.4) is 0 Å². The minimum atomic E-state index is -3.61. The summed E-state index contributed by atoms with van der Waals surface area (Å²) in [6.07, 6.45) is 10.2. The van der Waals surface area contributed by atoms with Crippen molar-refractivity contribution >= 4 is 7.82 Å². The average molecular weight is 342 g/mol. The molecule has 1 aromatic rings. The summed E-state index contributed by atoms with van der Waals surface area (Å²) in [6.45, 7) is 2.70. The van der Waals surface area contributed by atoms with E-state index in [1.54, 1.807) is 12.1 Å². The topological polar surface area (TPSA) is 54.0 Å². The molecular weight excluding hydrogens is 315 g/mol. The predicted octanol–water partition coefficient (Wildman–Crippen LogP) is 5.45. The molecule has 0 amide bonds. The highest BCUT2D eigenvalue weighted by Gasteiger charge is 2.33. The molecule has 0 bridgehead atoms. The molecule has 130 valence electrons. The van der Waals surface area contributed by atoms with E-state index in [2.05, 4.69) is 16.5 Å². The predicted molar refractivity (Wildman–Crippen MR) is 89.4 cm³/mol. The molecule has 1 aliphatic heterocycles. The highest BCUT2D eigenvalue weighted by atomic mass is 31.2. The van der Waals surface area contributed by atoms with E-state index in [0.29, 0.717) is 5.75 Å². The standard InChI is InChI=1S/C17H27O5P/c1-2-3-4-5-6-7-8-9-16-10-12-17(13-11-16)21-23(18)20-15-14-19-22-23/h10-13H,2-9,14-15H2,1H3. The molecule has 0 N–H and O–H groups in total. The van der Waals surface area contributed by atoms with Gasteiger partial charge in [-0.1, -0.05) is 57.6 Å². The SMILES string of the molecule is CCCCCCCCCc1ccc(OP2(=O)OCCOO2)cc1. The van der Waals surface area contributed by atoms with E-state index in [1.165, 1.54) is 50.5 Å². The van der Waals surface area contributed by atoms with Crippen LogP contribution in [0.4, 0.5) is 0 Å². The summed E-state index contributed by atoms with van der Waals surface area (Å²) in [4.78, 5) is 4.67. The van der Waals surface area contributed by atoms with Crippen molar-refractivity contribution in [3.63, 3.8) is 0 Å². The summed E-state index contributed by atoms with van der Waals surface area (Å²) >= 11 is 0. The molecule has 1 aliphatic rings. The Labute approximate surface area is 138 Å². The highest BCUT2D eigenvalue weighted by Crippen LogP contribution is 2.51. The van der Waals surface area contributed by atoms with Crippen LogP contribution in [0.15, 0.2) is 24.3 Å². The first-order valence-corrected chi connectivity index (χ1v) is 10.0. The van der Waals surface area contributed by atoms with Crippen LogP contribution < -0.4 is 4.52 Å². The molecule has 6 heteroatoms. The first-order chi connectivity index (χ1) is 11.2. The van der Waals surface area contributed by atoms with Gasteiger partial charge < -0.3 is 4.52 Å². The normalized spacial score (nSPS) is 21.3. The third-order valence-corrected chi connectivity index (χ3v) is 4.99. The molecule has 23 heavy (non-hydrogen) atoms. The Bertz CT molecular complexity index is 478. The molecule has 1 heterocycles. The Morgan fingerprint density at radius 3 is 2.35 bits per heavy atom. The van der Waals surface area contributed by atoms with Crippen molar-refractivity contribution < 1.29 is 23.2 Å². The third-order valence-electron chi connectivity index (χ3n) is 3.77. The van der Waals surface area contributed by atoms with Gasteiger partial charge in [0.25, 0.3) is 0 Å². The molecule has 1 atom stereocenters. The Balaban J connectivity index is 1.67. The van der Waals surface area contributed by atoms with E-state index in [-0.39, 0.29) is 13.2 Å². The average Bonchev–Trinajstić information content (AvgIpc) is 2.56. The number of benzene rings is 1. The molecule has 0 aromatic heterocycles. The van der Waals surface area contributed by atoms with Crippen LogP contribution in [0.25, 0.3) is 0 Å². The summed E-state index contributed by atoms with van der Waals surface area (Å²) in [6, 6.07) is 7.56. The number of hydrogen-bond acceptors (Lipinski definition) is 5. The number of rotatable bonds is 10. The lowest BCUT2D eigenvalue weighted by Gasteiger charge is -2.20. The van der Waals surface area contributed by atoms with Gasteiger partial charge in [0.05, 0.1) is 6.61 Å². The Kier molecular flexibility index (Phi) is 8.10. The van der Waals surface area contributed by atoms with Crippen molar-refractivity contribution in [1.29, 1.82) is 0 Å². The molecule has 5 nitrogen and oxygen atoms in total. The van der Waals surface area contributed by atoms with E-state index in [9.17, 15) is 4.57 Å². The fourth-order valence-corrected chi connectivity index (χ4v) is 3.49. The Morgan fingerprint density at radius 1 is 1.00 bits per heavy atom. The second kappa shape index (κ2) is 10.1. The molecule has 0 saturated carbocycles. The first-order valence-electron chi connectivity index (χ1n) is 8.56. The third kappa shape index (κ3) is 7.05. The maximum absolute atomic E-state index is 12.0. The monoisotopic (exact) mass is 342 g/mol. The second-order valence-corrected chi connectivity index (χ2v) is 7.27. The lowest BCUT2D eigenvalue weighted by Crippen LogP contribution is -2.14. The van der Waals surface area contributed by atoms with Crippen molar-refractivity contribution in [2.24, 2.45) is 0 Å². The maximum Gasteiger partial charge on any atom is 0.557 e. The zero-order valence-electron chi connectivity index (χ0n) is 13.9. The van der Waals surface area contributed by atoms with Crippen molar-refractivity contribution in [2.75, 3.05) is 13.2 Å². The van der Waals surface area contributed by atoms with Gasteiger partial charge in [-0.15, -0.1) is 4.67 Å². The van der Waals surface area contributed by atoms with Crippen molar-refractivity contribution in [1.82, 2.24) is 0 Å². The first kappa shape index (κ1) is 18.5. The molecule has 1 fully saturated rings. The molecule has 0 aliphatic carbocycles. The summed E-state index contributed by atoms with van der Waals surface area (Å²) in [5, 5.41) is 0. The van der Waals surface area contributed by atoms with Crippen LogP contribution in [0.5, 0.6) is 5.75 Å². The summed E-state index contributed by atoms with van der Waals surface area (Å²) < 4.78 is 26.9. The zero-order chi connectivity index (χ0) is 16.4. The van der Waals surface area contributed by atoms with Crippen LogP contribution in [-0.2, 0) is 25.1 Å². The number of phosphoric acid groups is 1. The molecule has 0 radical (unpaired) electrons. The molecule has 0 spiro atoms. The lowest BCUT2D eigenvalue weighted by atomic mass is 10.0. The van der Waals surface area contributed by atoms with Crippen LogP contribution in [-0.4, -0.2) is 13.2 Å². The van der Waals surface area contributed by atoms with Crippen molar-refractivity contribution in [2.45, 2.75) is 58.3 Å². The Hall–Kier alpha value is -0.870. The second-order valence-electron chi connectivity index (χ2n) is 5.78. The summed E-state index contributed by atoms with van der Waals surface area (Å²) in [5.74, 6) is 0.460. The van der Waals surface area contributed by atoms with E-state index in [4.69, 9.17) is 9.05 Å². The van der Waals surface area contributed by atoms with Crippen molar-refractivity contribution in [3.8, 4) is 5.75 Å².